The summed E-state index contributed by atoms with van der Waals surface area (Å²) >= 11 is 0. The molecular weight excluding hydrogens is 971 g/mol. The molecule has 6 aromatic rings. The van der Waals surface area contributed by atoms with Crippen molar-refractivity contribution in [2.75, 3.05) is 113 Å². The summed E-state index contributed by atoms with van der Waals surface area (Å²) in [4.78, 5) is 66.9. The van der Waals surface area contributed by atoms with Crippen LogP contribution in [0.4, 0.5) is 45.5 Å². The molecule has 0 bridgehead atoms. The van der Waals surface area contributed by atoms with E-state index in [-0.39, 0.29) is 56.5 Å². The number of hydrogen-bond donors (Lipinski definition) is 6. The molecule has 0 aliphatic heterocycles. The Labute approximate surface area is 463 Å². The first-order valence-corrected chi connectivity index (χ1v) is 28.8. The molecule has 0 radical (unpaired) electrons. The van der Waals surface area contributed by atoms with Gasteiger partial charge in [0.2, 0.25) is 0 Å². The topological polar surface area (TPSA) is 139 Å². The highest BCUT2D eigenvalue weighted by Gasteiger charge is 2.39. The second-order valence-electron chi connectivity index (χ2n) is 20.5. The Morgan fingerprint density at radius 1 is 0.449 bits per heavy atom. The van der Waals surface area contributed by atoms with Gasteiger partial charge in [0.1, 0.15) is 18.0 Å². The second-order valence-corrected chi connectivity index (χ2v) is 20.5. The van der Waals surface area contributed by atoms with Crippen LogP contribution in [0.25, 0.3) is 11.1 Å². The number of fused-ring (bicyclic) bond motifs is 4. The van der Waals surface area contributed by atoms with Crippen LogP contribution in [-0.2, 0) is 0 Å². The molecule has 410 valence electrons. The molecule has 2 aliphatic rings. The van der Waals surface area contributed by atoms with E-state index in [1.165, 1.54) is 4.90 Å². The van der Waals surface area contributed by atoms with E-state index in [0.717, 1.165) is 139 Å². The van der Waals surface area contributed by atoms with Crippen LogP contribution in [0.3, 0.4) is 0 Å². The molecule has 0 fully saturated rings. The molecule has 0 unspecified atom stereocenters. The first-order valence-electron chi connectivity index (χ1n) is 28.8. The fourth-order valence-electron chi connectivity index (χ4n) is 11.5. The molecular formula is C65H83N9O4+2. The number of nitrogens with zero attached hydrogens (tertiary/aromatic N) is 3. The number of quaternary nitrogens is 2. The number of benzene rings is 6. The molecule has 0 saturated carbocycles. The monoisotopic (exact) mass is 1050 g/mol. The third-order valence-corrected chi connectivity index (χ3v) is 16.3. The molecule has 0 spiro atoms. The average Bonchev–Trinajstić information content (AvgIpc) is 3.59. The molecule has 0 atom stereocenters. The summed E-state index contributed by atoms with van der Waals surface area (Å²) in [5, 5.41) is 18.2. The van der Waals surface area contributed by atoms with Gasteiger partial charge in [-0.25, -0.2) is 0 Å². The normalized spacial score (nSPS) is 13.0. The van der Waals surface area contributed by atoms with Crippen LogP contribution in [0.1, 0.15) is 139 Å². The third-order valence-electron chi connectivity index (χ3n) is 16.3. The summed E-state index contributed by atoms with van der Waals surface area (Å²) in [7, 11) is 0. The molecule has 13 heteroatoms. The highest BCUT2D eigenvalue weighted by Crippen LogP contribution is 2.45. The number of carbonyl (C=O) groups is 4. The van der Waals surface area contributed by atoms with Crippen LogP contribution < -0.4 is 36.0 Å². The molecule has 6 aromatic carbocycles. The largest absolute Gasteiger partial charge is 0.385 e. The van der Waals surface area contributed by atoms with Crippen LogP contribution >= 0.6 is 0 Å². The summed E-state index contributed by atoms with van der Waals surface area (Å²) in [5.74, 6) is -1.27. The molecule has 0 saturated heterocycles. The lowest BCUT2D eigenvalue weighted by Gasteiger charge is -2.37. The van der Waals surface area contributed by atoms with Crippen molar-refractivity contribution in [3.05, 3.63) is 154 Å². The molecule has 8 rings (SSSR count). The summed E-state index contributed by atoms with van der Waals surface area (Å²) < 4.78 is 0.708. The minimum Gasteiger partial charge on any atom is -0.385 e. The third kappa shape index (κ3) is 11.9. The van der Waals surface area contributed by atoms with Crippen molar-refractivity contribution >= 4 is 68.6 Å². The van der Waals surface area contributed by atoms with Crippen LogP contribution in [0.2, 0.25) is 0 Å². The quantitative estimate of drug-likeness (QED) is 0.0159. The number of hydrogen-bond acceptors (Lipinski definition) is 11. The van der Waals surface area contributed by atoms with E-state index in [1.54, 1.807) is 48.5 Å². The van der Waals surface area contributed by atoms with Crippen molar-refractivity contribution in [3.8, 4) is 11.1 Å². The Hall–Kier alpha value is -7.00. The lowest BCUT2D eigenvalue weighted by atomic mass is 9.75. The van der Waals surface area contributed by atoms with Crippen LogP contribution in [0.15, 0.2) is 109 Å². The van der Waals surface area contributed by atoms with Gasteiger partial charge in [-0.3, -0.25) is 29.0 Å². The molecule has 0 amide bonds. The fourth-order valence-corrected chi connectivity index (χ4v) is 11.5. The summed E-state index contributed by atoms with van der Waals surface area (Å²) in [6, 6.07) is 34.1. The zero-order chi connectivity index (χ0) is 55.5. The minimum atomic E-state index is -0.335. The Morgan fingerprint density at radius 3 is 1.26 bits per heavy atom. The zero-order valence-electron chi connectivity index (χ0n) is 47.7. The van der Waals surface area contributed by atoms with Gasteiger partial charge in [0.15, 0.2) is 23.1 Å². The van der Waals surface area contributed by atoms with Crippen molar-refractivity contribution in [2.45, 2.75) is 75.2 Å². The molecule has 0 aromatic heterocycles. The van der Waals surface area contributed by atoms with E-state index in [9.17, 15) is 0 Å². The fraction of sp³-hybridized carbons (Fsp3) is 0.385. The second kappa shape index (κ2) is 26.1. The van der Waals surface area contributed by atoms with Gasteiger partial charge in [0.25, 0.3) is 0 Å². The average molecular weight is 1050 g/mol. The van der Waals surface area contributed by atoms with Gasteiger partial charge in [-0.1, -0.05) is 95.3 Å². The smallest absolute Gasteiger partial charge is 0.196 e. The number of ketones is 4. The van der Waals surface area contributed by atoms with Gasteiger partial charge in [-0.05, 0) is 128 Å². The maximum atomic E-state index is 15.3. The lowest BCUT2D eigenvalue weighted by molar-refractivity contribution is -0.828. The van der Waals surface area contributed by atoms with Crippen molar-refractivity contribution < 1.29 is 24.1 Å². The van der Waals surface area contributed by atoms with E-state index >= 15 is 19.2 Å². The van der Waals surface area contributed by atoms with E-state index in [1.807, 2.05) is 36.4 Å². The van der Waals surface area contributed by atoms with Crippen molar-refractivity contribution in [1.29, 1.82) is 0 Å². The van der Waals surface area contributed by atoms with E-state index in [2.05, 4.69) is 123 Å². The van der Waals surface area contributed by atoms with Gasteiger partial charge >= 0.3 is 0 Å². The van der Waals surface area contributed by atoms with Crippen LogP contribution in [0.5, 0.6) is 0 Å². The lowest BCUT2D eigenvalue weighted by Crippen LogP contribution is -3.06. The first-order chi connectivity index (χ1) is 37.9. The van der Waals surface area contributed by atoms with Crippen LogP contribution in [0, 0.1) is 0 Å². The Balaban J connectivity index is 1.26. The SMILES string of the molecule is CCNC[N+](CC)(CC)c1cc(Nc2ccc(-c3ccc(Nc4cc(NCCCN(CC)CC)cc(NCCCN(CC)CC)c4)c4c3C(=O)c3ccccc3C4=O)c3c2C(=O)c2ccccc2C3=O)cc([NH+](CC)CC)c1. The molecule has 2 aliphatic carbocycles. The van der Waals surface area contributed by atoms with Crippen LogP contribution in [-0.4, -0.2) is 125 Å². The Bertz CT molecular complexity index is 3100. The van der Waals surface area contributed by atoms with Crippen molar-refractivity contribution in [1.82, 2.24) is 19.6 Å². The minimum absolute atomic E-state index is 0.180. The first kappa shape index (κ1) is 57.2. The van der Waals surface area contributed by atoms with Gasteiger partial charge in [-0.15, -0.1) is 0 Å². The van der Waals surface area contributed by atoms with Gasteiger partial charge in [-0.2, -0.15) is 0 Å². The number of rotatable bonds is 28. The van der Waals surface area contributed by atoms with Gasteiger partial charge in [0, 0.05) is 75.7 Å². The Morgan fingerprint density at radius 2 is 0.859 bits per heavy atom. The zero-order valence-corrected chi connectivity index (χ0v) is 47.7. The maximum absolute atomic E-state index is 15.3. The predicted octanol–water partition coefficient (Wildman–Crippen LogP) is 11.1. The molecule has 0 heterocycles. The maximum Gasteiger partial charge on any atom is 0.196 e. The van der Waals surface area contributed by atoms with Gasteiger partial charge < -0.3 is 36.0 Å². The van der Waals surface area contributed by atoms with Gasteiger partial charge in [0.05, 0.1) is 60.4 Å². The molecule has 6 N–H and O–H groups in total. The van der Waals surface area contributed by atoms with Crippen molar-refractivity contribution in [3.63, 3.8) is 0 Å². The molecule has 78 heavy (non-hydrogen) atoms. The summed E-state index contributed by atoms with van der Waals surface area (Å²) in [6.07, 6.45) is 1.94. The van der Waals surface area contributed by atoms with Crippen molar-refractivity contribution in [2.24, 2.45) is 0 Å². The Kier molecular flexibility index (Phi) is 19.1. The standard InChI is InChI=1S/C65H81N9O4/c1-10-66-43-74(17-8,18-9)49-41-47(40-48(42-49)73(15-6)16-7)70-57-32-30-51(59-61(57)65(78)55-28-22-20-26-53(55)63(59)76)50-29-31-56(60-58(50)62(75)52-25-19-21-27-54(52)64(60)77)69-46-38-44(67-33-23-35-71(11-2)12-3)37-45(39-46)68-34-24-36-72(13-4)14-5/h19-22,25-32,37-42,66-68H,10-18,23-24,33-36,43H2,1-9H3,(H-,69,70,75,76,77,78)/p+2. The summed E-state index contributed by atoms with van der Waals surface area (Å²) in [5.41, 5.74) is 9.42. The predicted molar refractivity (Wildman–Crippen MR) is 323 cm³/mol. The van der Waals surface area contributed by atoms with E-state index < -0.39 is 0 Å². The number of carbonyl (C=O) groups excluding carboxylic acids is 4. The summed E-state index contributed by atoms with van der Waals surface area (Å²) in [6.45, 7) is 32.3. The highest BCUT2D eigenvalue weighted by molar-refractivity contribution is 6.35. The molecule has 13 nitrogen and oxygen atoms in total. The van der Waals surface area contributed by atoms with E-state index in [4.69, 9.17) is 0 Å². The number of anilines is 6. The highest BCUT2D eigenvalue weighted by atomic mass is 16.1. The van der Waals surface area contributed by atoms with E-state index in [0.29, 0.717) is 38.1 Å². The number of nitrogens with one attached hydrogen (secondary N) is 6.